The molecule has 0 unspecified atom stereocenters. The van der Waals surface area contributed by atoms with Crippen LogP contribution < -0.4 is 0 Å². The third kappa shape index (κ3) is 3.17. The van der Waals surface area contributed by atoms with Crippen molar-refractivity contribution in [3.05, 3.63) is 48.0 Å². The second kappa shape index (κ2) is 6.37. The monoisotopic (exact) mass is 356 g/mol. The Hall–Kier alpha value is -2.60. The normalized spacial score (nSPS) is 15.6. The highest BCUT2D eigenvalue weighted by Gasteiger charge is 2.23. The molecular formula is C18H17ClN4O2. The van der Waals surface area contributed by atoms with Gasteiger partial charge in [-0.3, -0.25) is 4.68 Å². The van der Waals surface area contributed by atoms with Gasteiger partial charge in [-0.15, -0.1) is 0 Å². The fourth-order valence-corrected chi connectivity index (χ4v) is 3.47. The fraction of sp³-hybridized carbons (Fsp3) is 0.278. The van der Waals surface area contributed by atoms with Gasteiger partial charge in [0.05, 0.1) is 12.2 Å². The SMILES string of the molecule is O=C(O)N1CCC(n2cc(-c3ccc4cnc(Cl)cc4c3)cn2)CC1. The zero-order valence-corrected chi connectivity index (χ0v) is 14.2. The molecule has 6 nitrogen and oxygen atoms in total. The van der Waals surface area contributed by atoms with Crippen LogP contribution in [0, 0.1) is 0 Å². The summed E-state index contributed by atoms with van der Waals surface area (Å²) in [5, 5.41) is 16.1. The van der Waals surface area contributed by atoms with Gasteiger partial charge in [-0.25, -0.2) is 9.78 Å². The number of amides is 1. The van der Waals surface area contributed by atoms with Crippen LogP contribution in [-0.2, 0) is 0 Å². The Labute approximate surface area is 149 Å². The van der Waals surface area contributed by atoms with Crippen LogP contribution in [0.15, 0.2) is 42.9 Å². The Morgan fingerprint density at radius 1 is 1.12 bits per heavy atom. The van der Waals surface area contributed by atoms with Gasteiger partial charge in [0.2, 0.25) is 0 Å². The van der Waals surface area contributed by atoms with E-state index in [2.05, 4.69) is 16.1 Å². The Morgan fingerprint density at radius 2 is 1.92 bits per heavy atom. The van der Waals surface area contributed by atoms with Crippen LogP contribution in [0.2, 0.25) is 5.15 Å². The lowest BCUT2D eigenvalue weighted by atomic mass is 10.0. The topological polar surface area (TPSA) is 71.2 Å². The molecule has 0 atom stereocenters. The first-order valence-electron chi connectivity index (χ1n) is 8.18. The number of rotatable bonds is 2. The third-order valence-electron chi connectivity index (χ3n) is 4.73. The molecule has 7 heteroatoms. The van der Waals surface area contributed by atoms with Gasteiger partial charge in [-0.05, 0) is 35.9 Å². The van der Waals surface area contributed by atoms with Crippen molar-refractivity contribution in [3.8, 4) is 11.1 Å². The van der Waals surface area contributed by atoms with Crippen LogP contribution in [0.1, 0.15) is 18.9 Å². The molecule has 4 rings (SSSR count). The van der Waals surface area contributed by atoms with E-state index in [1.165, 1.54) is 4.90 Å². The Balaban J connectivity index is 1.56. The van der Waals surface area contributed by atoms with E-state index in [0.717, 1.165) is 34.7 Å². The first kappa shape index (κ1) is 15.9. The number of pyridine rings is 1. The van der Waals surface area contributed by atoms with Gasteiger partial charge >= 0.3 is 6.09 Å². The molecule has 1 fully saturated rings. The summed E-state index contributed by atoms with van der Waals surface area (Å²) >= 11 is 5.98. The third-order valence-corrected chi connectivity index (χ3v) is 4.94. The quantitative estimate of drug-likeness (QED) is 0.703. The molecule has 0 aliphatic carbocycles. The molecule has 3 aromatic rings. The Morgan fingerprint density at radius 3 is 2.68 bits per heavy atom. The lowest BCUT2D eigenvalue weighted by Crippen LogP contribution is -2.38. The minimum Gasteiger partial charge on any atom is -0.465 e. The lowest BCUT2D eigenvalue weighted by Gasteiger charge is -2.30. The molecular weight excluding hydrogens is 340 g/mol. The second-order valence-corrected chi connectivity index (χ2v) is 6.67. The van der Waals surface area contributed by atoms with E-state index in [1.54, 1.807) is 6.20 Å². The number of carbonyl (C=O) groups is 1. The molecule has 0 spiro atoms. The number of carboxylic acid groups (broad SMARTS) is 1. The van der Waals surface area contributed by atoms with Gasteiger partial charge in [0.25, 0.3) is 0 Å². The van der Waals surface area contributed by atoms with Crippen LogP contribution >= 0.6 is 11.6 Å². The average molecular weight is 357 g/mol. The summed E-state index contributed by atoms with van der Waals surface area (Å²) in [6.45, 7) is 1.10. The fourth-order valence-electron chi connectivity index (χ4n) is 3.30. The zero-order chi connectivity index (χ0) is 17.4. The van der Waals surface area contributed by atoms with Crippen LogP contribution in [0.4, 0.5) is 4.79 Å². The van der Waals surface area contributed by atoms with Crippen LogP contribution in [-0.4, -0.2) is 44.0 Å². The highest BCUT2D eigenvalue weighted by molar-refractivity contribution is 6.30. The summed E-state index contributed by atoms with van der Waals surface area (Å²) in [4.78, 5) is 16.6. The number of likely N-dealkylation sites (tertiary alicyclic amines) is 1. The number of fused-ring (bicyclic) bond motifs is 1. The molecule has 3 heterocycles. The van der Waals surface area contributed by atoms with Crippen molar-refractivity contribution in [2.24, 2.45) is 0 Å². The van der Waals surface area contributed by atoms with Crippen molar-refractivity contribution in [1.29, 1.82) is 0 Å². The van der Waals surface area contributed by atoms with E-state index in [0.29, 0.717) is 18.2 Å². The van der Waals surface area contributed by atoms with Gasteiger partial charge in [0, 0.05) is 36.4 Å². The second-order valence-electron chi connectivity index (χ2n) is 6.28. The van der Waals surface area contributed by atoms with E-state index in [9.17, 15) is 4.79 Å². The highest BCUT2D eigenvalue weighted by Crippen LogP contribution is 2.28. The molecule has 1 aliphatic rings. The first-order chi connectivity index (χ1) is 12.1. The minimum atomic E-state index is -0.844. The number of hydrogen-bond acceptors (Lipinski definition) is 3. The van der Waals surface area contributed by atoms with E-state index in [4.69, 9.17) is 16.7 Å². The number of benzene rings is 1. The Bertz CT molecular complexity index is 932. The number of piperidine rings is 1. The van der Waals surface area contributed by atoms with Crippen molar-refractivity contribution in [2.45, 2.75) is 18.9 Å². The van der Waals surface area contributed by atoms with Gasteiger partial charge < -0.3 is 10.0 Å². The minimum absolute atomic E-state index is 0.239. The van der Waals surface area contributed by atoms with Crippen LogP contribution in [0.5, 0.6) is 0 Å². The van der Waals surface area contributed by atoms with Crippen molar-refractivity contribution >= 4 is 28.5 Å². The van der Waals surface area contributed by atoms with Gasteiger partial charge in [-0.1, -0.05) is 23.7 Å². The van der Waals surface area contributed by atoms with Crippen LogP contribution in [0.3, 0.4) is 0 Å². The van der Waals surface area contributed by atoms with Gasteiger partial charge in [-0.2, -0.15) is 5.10 Å². The summed E-state index contributed by atoms with van der Waals surface area (Å²) in [6.07, 6.45) is 6.38. The summed E-state index contributed by atoms with van der Waals surface area (Å²) in [5.41, 5.74) is 2.11. The van der Waals surface area contributed by atoms with Crippen molar-refractivity contribution < 1.29 is 9.90 Å². The van der Waals surface area contributed by atoms with E-state index in [-0.39, 0.29) is 6.04 Å². The molecule has 1 saturated heterocycles. The molecule has 0 radical (unpaired) electrons. The smallest absolute Gasteiger partial charge is 0.407 e. The average Bonchev–Trinajstić information content (AvgIpc) is 3.11. The molecule has 1 aliphatic heterocycles. The predicted molar refractivity (Wildman–Crippen MR) is 95.8 cm³/mol. The van der Waals surface area contributed by atoms with Gasteiger partial charge in [0.1, 0.15) is 5.15 Å². The van der Waals surface area contributed by atoms with Gasteiger partial charge in [0.15, 0.2) is 0 Å². The maximum atomic E-state index is 11.0. The molecule has 1 N–H and O–H groups in total. The van der Waals surface area contributed by atoms with Crippen molar-refractivity contribution in [3.63, 3.8) is 0 Å². The predicted octanol–water partition coefficient (Wildman–Crippen LogP) is 4.07. The Kier molecular flexibility index (Phi) is 4.05. The molecule has 25 heavy (non-hydrogen) atoms. The van der Waals surface area contributed by atoms with Crippen molar-refractivity contribution in [1.82, 2.24) is 19.7 Å². The highest BCUT2D eigenvalue weighted by atomic mass is 35.5. The molecule has 1 amide bonds. The maximum absolute atomic E-state index is 11.0. The number of hydrogen-bond donors (Lipinski definition) is 1. The number of nitrogens with zero attached hydrogens (tertiary/aromatic N) is 4. The van der Waals surface area contributed by atoms with E-state index < -0.39 is 6.09 Å². The summed E-state index contributed by atoms with van der Waals surface area (Å²) in [5.74, 6) is 0. The van der Waals surface area contributed by atoms with E-state index in [1.807, 2.05) is 35.3 Å². The maximum Gasteiger partial charge on any atom is 0.407 e. The zero-order valence-electron chi connectivity index (χ0n) is 13.5. The largest absolute Gasteiger partial charge is 0.465 e. The number of aromatic nitrogens is 3. The molecule has 128 valence electrons. The first-order valence-corrected chi connectivity index (χ1v) is 8.56. The molecule has 0 saturated carbocycles. The summed E-state index contributed by atoms with van der Waals surface area (Å²) in [7, 11) is 0. The molecule has 0 bridgehead atoms. The standard InChI is InChI=1S/C18H17ClN4O2/c19-17-8-14-7-12(1-2-13(14)9-20-17)15-10-21-23(11-15)16-3-5-22(6-4-16)18(24)25/h1-2,7-11,16H,3-6H2,(H,24,25). The summed E-state index contributed by atoms with van der Waals surface area (Å²) < 4.78 is 1.96. The molecule has 1 aromatic carbocycles. The van der Waals surface area contributed by atoms with Crippen LogP contribution in [0.25, 0.3) is 21.9 Å². The van der Waals surface area contributed by atoms with Crippen molar-refractivity contribution in [2.75, 3.05) is 13.1 Å². The number of halogens is 1. The lowest BCUT2D eigenvalue weighted by molar-refractivity contribution is 0.124. The summed E-state index contributed by atoms with van der Waals surface area (Å²) in [6, 6.07) is 8.25. The van der Waals surface area contributed by atoms with E-state index >= 15 is 0 Å². The molecule has 2 aromatic heterocycles.